The van der Waals surface area contributed by atoms with Gasteiger partial charge < -0.3 is 19.4 Å². The Labute approximate surface area is 284 Å². The highest BCUT2D eigenvalue weighted by molar-refractivity contribution is 7.91. The molecule has 2 aromatic heterocycles. The monoisotopic (exact) mass is 678 g/mol. The van der Waals surface area contributed by atoms with Crippen molar-refractivity contribution < 1.29 is 8.42 Å². The molecule has 0 spiro atoms. The van der Waals surface area contributed by atoms with Gasteiger partial charge in [0.1, 0.15) is 0 Å². The summed E-state index contributed by atoms with van der Waals surface area (Å²) in [6.45, 7) is 3.06. The van der Waals surface area contributed by atoms with Gasteiger partial charge in [-0.1, -0.05) is 84.9 Å². The van der Waals surface area contributed by atoms with Crippen molar-refractivity contribution in [3.05, 3.63) is 133 Å². The number of aromatic amines is 1. The minimum atomic E-state index is -3.45. The van der Waals surface area contributed by atoms with Crippen molar-refractivity contribution >= 4 is 55.7 Å². The van der Waals surface area contributed by atoms with Gasteiger partial charge in [-0.15, -0.1) is 24.0 Å². The van der Waals surface area contributed by atoms with Crippen LogP contribution in [0.5, 0.6) is 0 Å². The summed E-state index contributed by atoms with van der Waals surface area (Å²) in [5.41, 5.74) is 4.95. The highest BCUT2D eigenvalue weighted by atomic mass is 35.5. The smallest absolute Gasteiger partial charge is 0.208 e. The fourth-order valence-corrected chi connectivity index (χ4v) is 6.72. The number of likely N-dealkylation sites (N-methyl/N-ethyl adjacent to an activating group) is 1. The summed E-state index contributed by atoms with van der Waals surface area (Å²) < 4.78 is 27.4. The zero-order valence-corrected chi connectivity index (χ0v) is 29.3. The molecular weight excluding hydrogens is 635 g/mol. The van der Waals surface area contributed by atoms with Gasteiger partial charge in [0.15, 0.2) is 0 Å². The first-order valence-electron chi connectivity index (χ1n) is 15.0. The van der Waals surface area contributed by atoms with Gasteiger partial charge in [-0.2, -0.15) is 0 Å². The number of hydrogen-bond donors (Lipinski definition) is 1. The minimum absolute atomic E-state index is 0. The number of nitrogens with one attached hydrogen (secondary N) is 1. The molecule has 0 aliphatic heterocycles. The Bertz CT molecular complexity index is 1870. The van der Waals surface area contributed by atoms with Crippen LogP contribution in [0.1, 0.15) is 11.1 Å². The second-order valence-corrected chi connectivity index (χ2v) is 13.6. The predicted octanol–water partition coefficient (Wildman–Crippen LogP) is 8.00. The van der Waals surface area contributed by atoms with E-state index in [1.165, 1.54) is 22.0 Å². The summed E-state index contributed by atoms with van der Waals surface area (Å²) in [5, 5.41) is 2.10. The topological polar surface area (TPSA) is 61.3 Å². The number of nitrogens with zero attached hydrogens (tertiary/aromatic N) is 3. The van der Waals surface area contributed by atoms with Crippen LogP contribution in [0.15, 0.2) is 131 Å². The molecule has 0 fully saturated rings. The van der Waals surface area contributed by atoms with Gasteiger partial charge in [0.05, 0.1) is 9.79 Å². The molecule has 244 valence electrons. The Balaban J connectivity index is 0.000000211. The molecule has 1 N–H and O–H groups in total. The van der Waals surface area contributed by atoms with E-state index in [1.807, 2.05) is 43.3 Å². The van der Waals surface area contributed by atoms with E-state index in [0.29, 0.717) is 9.79 Å². The predicted molar refractivity (Wildman–Crippen MR) is 196 cm³/mol. The van der Waals surface area contributed by atoms with Crippen LogP contribution in [-0.2, 0) is 22.8 Å². The van der Waals surface area contributed by atoms with Crippen molar-refractivity contribution in [2.75, 3.05) is 47.2 Å². The Hall–Kier alpha value is -3.59. The Morgan fingerprint density at radius 3 is 1.89 bits per heavy atom. The van der Waals surface area contributed by atoms with Crippen molar-refractivity contribution in [2.24, 2.45) is 0 Å². The third-order valence-electron chi connectivity index (χ3n) is 7.32. The Morgan fingerprint density at radius 1 is 0.717 bits per heavy atom. The summed E-state index contributed by atoms with van der Waals surface area (Å²) in [4.78, 5) is 7.90. The fourth-order valence-electron chi connectivity index (χ4n) is 4.94. The lowest BCUT2D eigenvalue weighted by molar-refractivity contribution is 0.387. The molecule has 0 aliphatic rings. The normalized spacial score (nSPS) is 11.1. The summed E-state index contributed by atoms with van der Waals surface area (Å²) in [6, 6.07) is 35.3. The number of hydrogen-bond acceptors (Lipinski definition) is 4. The van der Waals surface area contributed by atoms with Gasteiger partial charge in [0.2, 0.25) is 9.84 Å². The average molecular weight is 680 g/mol. The molecule has 0 saturated heterocycles. The molecule has 0 amide bonds. The molecule has 0 unspecified atom stereocenters. The number of fused-ring (bicyclic) bond motifs is 2. The summed E-state index contributed by atoms with van der Waals surface area (Å²) >= 11 is 5.35. The number of sulfone groups is 1. The molecular formula is C37H44Cl2N4O2S. The largest absolute Gasteiger partial charge is 0.360 e. The van der Waals surface area contributed by atoms with E-state index < -0.39 is 9.84 Å². The van der Waals surface area contributed by atoms with Crippen molar-refractivity contribution in [3.8, 4) is 0 Å². The molecule has 0 atom stereocenters. The van der Waals surface area contributed by atoms with E-state index in [-0.39, 0.29) is 12.4 Å². The first kappa shape index (κ1) is 36.9. The van der Waals surface area contributed by atoms with Gasteiger partial charge in [-0.3, -0.25) is 0 Å². The number of para-hydroxylation sites is 2. The molecule has 4 aromatic carbocycles. The first-order valence-corrected chi connectivity index (χ1v) is 17.0. The maximum absolute atomic E-state index is 12.5. The number of alkyl halides is 1. The lowest BCUT2D eigenvalue weighted by Crippen LogP contribution is -2.17. The average Bonchev–Trinajstić information content (AvgIpc) is 3.64. The van der Waals surface area contributed by atoms with E-state index in [1.54, 1.807) is 36.5 Å². The molecule has 0 aliphatic carbocycles. The van der Waals surface area contributed by atoms with Gasteiger partial charge in [0, 0.05) is 59.7 Å². The zero-order valence-electron chi connectivity index (χ0n) is 26.9. The van der Waals surface area contributed by atoms with Crippen molar-refractivity contribution in [2.45, 2.75) is 22.8 Å². The number of aromatic nitrogens is 2. The molecule has 6 rings (SSSR count). The Kier molecular flexibility index (Phi) is 14.4. The third kappa shape index (κ3) is 9.95. The van der Waals surface area contributed by atoms with Crippen molar-refractivity contribution in [1.82, 2.24) is 19.4 Å². The van der Waals surface area contributed by atoms with Gasteiger partial charge in [-0.05, 0) is 70.0 Å². The molecule has 2 heterocycles. The van der Waals surface area contributed by atoms with Crippen LogP contribution in [0.25, 0.3) is 21.8 Å². The van der Waals surface area contributed by atoms with Crippen LogP contribution in [0, 0.1) is 0 Å². The summed E-state index contributed by atoms with van der Waals surface area (Å²) in [5.74, 6) is 0.729. The highest BCUT2D eigenvalue weighted by Gasteiger charge is 2.20. The molecule has 6 aromatic rings. The number of H-pyrrole nitrogens is 1. The maximum Gasteiger partial charge on any atom is 0.208 e. The minimum Gasteiger partial charge on any atom is -0.360 e. The van der Waals surface area contributed by atoms with Crippen molar-refractivity contribution in [1.29, 1.82) is 0 Å². The van der Waals surface area contributed by atoms with Crippen LogP contribution in [0.3, 0.4) is 0 Å². The van der Waals surface area contributed by atoms with Crippen LogP contribution in [-0.4, -0.2) is 74.9 Å². The fraction of sp³-hybridized carbons (Fsp3) is 0.243. The first-order chi connectivity index (χ1) is 21.7. The van der Waals surface area contributed by atoms with Gasteiger partial charge in [-0.25, -0.2) is 8.42 Å². The van der Waals surface area contributed by atoms with Crippen molar-refractivity contribution in [3.63, 3.8) is 0 Å². The van der Waals surface area contributed by atoms with E-state index in [2.05, 4.69) is 89.3 Å². The zero-order chi connectivity index (χ0) is 32.2. The lowest BCUT2D eigenvalue weighted by Gasteiger charge is -2.10. The maximum atomic E-state index is 12.5. The number of halogens is 2. The quantitative estimate of drug-likeness (QED) is 0.157. The SMILES string of the molecule is CN(C)CCCl.CN(C)CCn1cc(Cc2ccccc2)c2ccccc21.Cl.O=S(=O)(c1ccccc1)c1c[nH]c2ccccc12. The lowest BCUT2D eigenvalue weighted by atomic mass is 10.0. The summed E-state index contributed by atoms with van der Waals surface area (Å²) in [7, 11) is 4.79. The third-order valence-corrected chi connectivity index (χ3v) is 9.30. The Morgan fingerprint density at radius 2 is 1.28 bits per heavy atom. The van der Waals surface area contributed by atoms with Crippen LogP contribution >= 0.6 is 24.0 Å². The molecule has 46 heavy (non-hydrogen) atoms. The highest BCUT2D eigenvalue weighted by Crippen LogP contribution is 2.28. The molecule has 6 nitrogen and oxygen atoms in total. The van der Waals surface area contributed by atoms with E-state index >= 15 is 0 Å². The van der Waals surface area contributed by atoms with Crippen LogP contribution < -0.4 is 0 Å². The van der Waals surface area contributed by atoms with E-state index in [9.17, 15) is 8.42 Å². The summed E-state index contributed by atoms with van der Waals surface area (Å²) in [6.07, 6.45) is 4.87. The van der Waals surface area contributed by atoms with E-state index in [4.69, 9.17) is 11.6 Å². The second kappa shape index (κ2) is 17.9. The second-order valence-electron chi connectivity index (χ2n) is 11.3. The molecule has 0 radical (unpaired) electrons. The molecule has 0 saturated carbocycles. The van der Waals surface area contributed by atoms with Gasteiger partial charge in [0.25, 0.3) is 0 Å². The standard InChI is InChI=1S/C19H22N2.C14H11NO2S.C4H10ClN.ClH/c1-20(2)12-13-21-15-17(14-16-8-4-3-5-9-16)18-10-6-7-11-19(18)21;16-18(17,11-6-2-1-3-7-11)14-10-15-13-9-5-4-8-12(13)14;1-6(2)4-3-5;/h3-11,15H,12-14H2,1-2H3;1-10,15H;3-4H2,1-2H3;1H. The van der Waals surface area contributed by atoms with Gasteiger partial charge >= 0.3 is 0 Å². The number of rotatable bonds is 9. The van der Waals surface area contributed by atoms with Crippen LogP contribution in [0.4, 0.5) is 0 Å². The molecule has 9 heteroatoms. The number of benzene rings is 4. The van der Waals surface area contributed by atoms with Crippen LogP contribution in [0.2, 0.25) is 0 Å². The molecule has 0 bridgehead atoms. The van der Waals surface area contributed by atoms with E-state index in [0.717, 1.165) is 42.8 Å².